The number of β-lactam (4-membered cyclic amide) rings is 1. The lowest BCUT2D eigenvalue weighted by molar-refractivity contribution is -0.165. The molecule has 1 aliphatic heterocycles. The van der Waals surface area contributed by atoms with Crippen LogP contribution in [-0.2, 0) is 9.53 Å². The van der Waals surface area contributed by atoms with Crippen molar-refractivity contribution >= 4 is 17.2 Å². The van der Waals surface area contributed by atoms with Crippen LogP contribution < -0.4 is 4.74 Å². The number of hydrogen-bond acceptors (Lipinski definition) is 4. The summed E-state index contributed by atoms with van der Waals surface area (Å²) in [7, 11) is 0. The molecule has 2 aromatic rings. The van der Waals surface area contributed by atoms with Crippen LogP contribution in [-0.4, -0.2) is 36.7 Å². The number of carbonyl (C=O) groups is 1. The minimum absolute atomic E-state index is 0.0646. The number of likely N-dealkylation sites (tertiary alicyclic amines) is 1. The molecule has 0 spiro atoms. The summed E-state index contributed by atoms with van der Waals surface area (Å²) < 4.78 is 24.1. The molecule has 4 nitrogen and oxygen atoms in total. The average Bonchev–Trinajstić information content (AvgIpc) is 3.08. The van der Waals surface area contributed by atoms with Crippen molar-refractivity contribution in [2.75, 3.05) is 19.8 Å². The first-order valence-electron chi connectivity index (χ1n) is 7.53. The lowest BCUT2D eigenvalue weighted by Crippen LogP contribution is -2.61. The number of hydrogen-bond donors (Lipinski definition) is 0. The van der Waals surface area contributed by atoms with Gasteiger partial charge in [0.05, 0.1) is 6.61 Å². The van der Waals surface area contributed by atoms with E-state index >= 15 is 0 Å². The molecule has 1 aromatic carbocycles. The van der Waals surface area contributed by atoms with Crippen LogP contribution >= 0.6 is 11.3 Å². The molecule has 0 unspecified atom stereocenters. The van der Waals surface area contributed by atoms with E-state index in [-0.39, 0.29) is 17.8 Å². The van der Waals surface area contributed by atoms with E-state index in [0.717, 1.165) is 5.56 Å². The van der Waals surface area contributed by atoms with Gasteiger partial charge in [-0.2, -0.15) is 11.3 Å². The Hall–Kier alpha value is -1.92. The molecule has 0 bridgehead atoms. The van der Waals surface area contributed by atoms with Crippen molar-refractivity contribution < 1.29 is 18.7 Å². The minimum Gasteiger partial charge on any atom is -0.478 e. The molecule has 2 atom stereocenters. The first-order valence-corrected chi connectivity index (χ1v) is 8.47. The Morgan fingerprint density at radius 3 is 2.70 bits per heavy atom. The van der Waals surface area contributed by atoms with Crippen LogP contribution in [0, 0.1) is 5.82 Å². The number of rotatable bonds is 7. The quantitative estimate of drug-likeness (QED) is 0.576. The van der Waals surface area contributed by atoms with E-state index in [9.17, 15) is 9.18 Å². The molecule has 1 saturated heterocycles. The van der Waals surface area contributed by atoms with Crippen LogP contribution in [0.5, 0.6) is 5.75 Å². The third-order valence-corrected chi connectivity index (χ3v) is 4.49. The summed E-state index contributed by atoms with van der Waals surface area (Å²) in [5, 5.41) is 4.00. The maximum atomic E-state index is 13.0. The summed E-state index contributed by atoms with van der Waals surface area (Å²) in [5.74, 6) is 0.102. The predicted octanol–water partition coefficient (Wildman–Crippen LogP) is 3.25. The summed E-state index contributed by atoms with van der Waals surface area (Å²) in [6.07, 6.45) is -0.573. The predicted molar refractivity (Wildman–Crippen MR) is 86.1 cm³/mol. The fourth-order valence-electron chi connectivity index (χ4n) is 2.65. The van der Waals surface area contributed by atoms with E-state index in [0.29, 0.717) is 25.5 Å². The number of ether oxygens (including phenoxy) is 2. The highest BCUT2D eigenvalue weighted by Gasteiger charge is 2.50. The standard InChI is InChI=1S/C17H18FNO3S/c1-2-21-9-8-19-15(12-7-10-23-11-12)16(17(19)20)22-14-5-3-13(18)4-6-14/h3-7,10-11,15-16H,2,8-9H2,1H3/t15-,16-/m0/s1. The van der Waals surface area contributed by atoms with Crippen molar-refractivity contribution in [2.45, 2.75) is 19.1 Å². The molecule has 23 heavy (non-hydrogen) atoms. The largest absolute Gasteiger partial charge is 0.478 e. The number of carbonyl (C=O) groups excluding carboxylic acids is 1. The van der Waals surface area contributed by atoms with Gasteiger partial charge in [-0.15, -0.1) is 0 Å². The molecule has 0 saturated carbocycles. The van der Waals surface area contributed by atoms with Crippen molar-refractivity contribution in [1.82, 2.24) is 4.90 Å². The minimum atomic E-state index is -0.573. The van der Waals surface area contributed by atoms with Crippen molar-refractivity contribution in [3.8, 4) is 5.75 Å². The van der Waals surface area contributed by atoms with Crippen LogP contribution in [0.1, 0.15) is 18.5 Å². The van der Waals surface area contributed by atoms with Crippen molar-refractivity contribution in [3.05, 3.63) is 52.5 Å². The topological polar surface area (TPSA) is 38.8 Å². The van der Waals surface area contributed by atoms with Gasteiger partial charge in [-0.25, -0.2) is 4.39 Å². The fraction of sp³-hybridized carbons (Fsp3) is 0.353. The summed E-state index contributed by atoms with van der Waals surface area (Å²) in [5.41, 5.74) is 1.05. The van der Waals surface area contributed by atoms with Crippen molar-refractivity contribution in [2.24, 2.45) is 0 Å². The van der Waals surface area contributed by atoms with E-state index < -0.39 is 6.10 Å². The van der Waals surface area contributed by atoms with E-state index in [1.165, 1.54) is 24.3 Å². The Balaban J connectivity index is 1.73. The highest BCUT2D eigenvalue weighted by atomic mass is 32.1. The van der Waals surface area contributed by atoms with Gasteiger partial charge in [0.15, 0.2) is 0 Å². The monoisotopic (exact) mass is 335 g/mol. The zero-order valence-electron chi connectivity index (χ0n) is 12.8. The van der Waals surface area contributed by atoms with Crippen molar-refractivity contribution in [3.63, 3.8) is 0 Å². The molecular weight excluding hydrogens is 317 g/mol. The third kappa shape index (κ3) is 3.38. The van der Waals surface area contributed by atoms with Gasteiger partial charge in [0.1, 0.15) is 17.6 Å². The Morgan fingerprint density at radius 1 is 1.26 bits per heavy atom. The summed E-state index contributed by atoms with van der Waals surface area (Å²) >= 11 is 1.58. The lowest BCUT2D eigenvalue weighted by Gasteiger charge is -2.46. The highest BCUT2D eigenvalue weighted by Crippen LogP contribution is 2.38. The van der Waals surface area contributed by atoms with Crippen LogP contribution in [0.15, 0.2) is 41.1 Å². The summed E-state index contributed by atoms with van der Waals surface area (Å²) in [4.78, 5) is 14.2. The zero-order valence-corrected chi connectivity index (χ0v) is 13.6. The van der Waals surface area contributed by atoms with Crippen LogP contribution in [0.3, 0.4) is 0 Å². The molecule has 0 aliphatic carbocycles. The van der Waals surface area contributed by atoms with Gasteiger partial charge in [0.2, 0.25) is 6.10 Å². The van der Waals surface area contributed by atoms with Gasteiger partial charge in [0, 0.05) is 13.2 Å². The van der Waals surface area contributed by atoms with Gasteiger partial charge in [0.25, 0.3) is 5.91 Å². The van der Waals surface area contributed by atoms with Gasteiger partial charge in [-0.05, 0) is 53.6 Å². The maximum Gasteiger partial charge on any atom is 0.266 e. The Labute approximate surface area is 138 Å². The third-order valence-electron chi connectivity index (χ3n) is 3.79. The normalized spacial score (nSPS) is 20.4. The fourth-order valence-corrected chi connectivity index (χ4v) is 3.34. The summed E-state index contributed by atoms with van der Waals surface area (Å²) in [6, 6.07) is 7.60. The second-order valence-electron chi connectivity index (χ2n) is 5.22. The van der Waals surface area contributed by atoms with Crippen LogP contribution in [0.25, 0.3) is 0 Å². The molecule has 6 heteroatoms. The second kappa shape index (κ2) is 7.10. The summed E-state index contributed by atoms with van der Waals surface area (Å²) in [6.45, 7) is 3.60. The van der Waals surface area contributed by atoms with Gasteiger partial charge in [-0.1, -0.05) is 0 Å². The van der Waals surface area contributed by atoms with E-state index in [4.69, 9.17) is 9.47 Å². The Morgan fingerprint density at radius 2 is 2.04 bits per heavy atom. The van der Waals surface area contributed by atoms with E-state index in [2.05, 4.69) is 0 Å². The number of amides is 1. The average molecular weight is 335 g/mol. The molecule has 1 amide bonds. The zero-order chi connectivity index (χ0) is 16.2. The molecule has 122 valence electrons. The molecule has 2 heterocycles. The molecule has 3 rings (SSSR count). The number of thiophene rings is 1. The van der Waals surface area contributed by atoms with Gasteiger partial charge in [-0.3, -0.25) is 4.79 Å². The van der Waals surface area contributed by atoms with Gasteiger partial charge < -0.3 is 14.4 Å². The Bertz CT molecular complexity index is 644. The molecule has 0 radical (unpaired) electrons. The molecule has 1 aliphatic rings. The van der Waals surface area contributed by atoms with E-state index in [1.807, 2.05) is 23.8 Å². The molecule has 1 fully saturated rings. The number of benzene rings is 1. The maximum absolute atomic E-state index is 13.0. The highest BCUT2D eigenvalue weighted by molar-refractivity contribution is 7.08. The number of nitrogens with zero attached hydrogens (tertiary/aromatic N) is 1. The first kappa shape index (κ1) is 16.0. The smallest absolute Gasteiger partial charge is 0.266 e. The van der Waals surface area contributed by atoms with Crippen LogP contribution in [0.2, 0.25) is 0 Å². The molecule has 1 aromatic heterocycles. The lowest BCUT2D eigenvalue weighted by atomic mass is 9.92. The van der Waals surface area contributed by atoms with Crippen molar-refractivity contribution in [1.29, 1.82) is 0 Å². The molecule has 0 N–H and O–H groups in total. The first-order chi connectivity index (χ1) is 11.2. The second-order valence-corrected chi connectivity index (χ2v) is 6.00. The van der Waals surface area contributed by atoms with E-state index in [1.54, 1.807) is 16.2 Å². The SMILES string of the molecule is CCOCCN1C(=O)[C@@H](Oc2ccc(F)cc2)[C@@H]1c1ccsc1. The Kier molecular flexibility index (Phi) is 4.93. The number of halogens is 1. The molecular formula is C17H18FNO3S. The van der Waals surface area contributed by atoms with Crippen LogP contribution in [0.4, 0.5) is 4.39 Å². The van der Waals surface area contributed by atoms with Gasteiger partial charge >= 0.3 is 0 Å².